The third kappa shape index (κ3) is 3.92. The summed E-state index contributed by atoms with van der Waals surface area (Å²) in [5.41, 5.74) is 2.01. The largest absolute Gasteiger partial charge is 0.393 e. The Balaban J connectivity index is 2.16. The highest BCUT2D eigenvalue weighted by atomic mass is 16.6. The minimum atomic E-state index is -0.359. The van der Waals surface area contributed by atoms with Crippen LogP contribution in [-0.2, 0) is 6.54 Å². The summed E-state index contributed by atoms with van der Waals surface area (Å²) < 4.78 is 0. The molecule has 2 unspecified atom stereocenters. The molecule has 116 valence electrons. The Kier molecular flexibility index (Phi) is 5.14. The third-order valence-electron chi connectivity index (χ3n) is 4.00. The van der Waals surface area contributed by atoms with Gasteiger partial charge < -0.3 is 10.4 Å². The Bertz CT molecular complexity index is 507. The summed E-state index contributed by atoms with van der Waals surface area (Å²) in [6.45, 7) is 7.12. The molecular formula is C15H23N3O3. The van der Waals surface area contributed by atoms with Gasteiger partial charge in [0.2, 0.25) is 0 Å². The minimum absolute atomic E-state index is 0.122. The molecule has 6 nitrogen and oxygen atoms in total. The summed E-state index contributed by atoms with van der Waals surface area (Å²) in [7, 11) is 0. The van der Waals surface area contributed by atoms with Crippen LogP contribution in [0.2, 0.25) is 0 Å². The molecule has 1 heterocycles. The number of rotatable bonds is 5. The number of nitro benzene ring substituents is 1. The van der Waals surface area contributed by atoms with Crippen molar-refractivity contribution in [3.05, 3.63) is 33.9 Å². The number of anilines is 1. The van der Waals surface area contributed by atoms with Crippen LogP contribution < -0.4 is 5.32 Å². The lowest BCUT2D eigenvalue weighted by Gasteiger charge is -2.34. The van der Waals surface area contributed by atoms with Crippen LogP contribution in [0.25, 0.3) is 0 Å². The molecule has 6 heteroatoms. The highest BCUT2D eigenvalue weighted by Gasteiger charge is 2.25. The topological polar surface area (TPSA) is 78.6 Å². The van der Waals surface area contributed by atoms with Crippen LogP contribution in [0.5, 0.6) is 0 Å². The van der Waals surface area contributed by atoms with Gasteiger partial charge in [0.1, 0.15) is 0 Å². The monoisotopic (exact) mass is 293 g/mol. The van der Waals surface area contributed by atoms with Crippen LogP contribution in [0, 0.1) is 16.0 Å². The second kappa shape index (κ2) is 6.87. The first-order valence-corrected chi connectivity index (χ1v) is 7.43. The zero-order valence-electron chi connectivity index (χ0n) is 12.6. The average molecular weight is 293 g/mol. The number of nitrogens with zero attached hydrogens (tertiary/aromatic N) is 2. The van der Waals surface area contributed by atoms with Crippen LogP contribution in [0.4, 0.5) is 11.4 Å². The standard InChI is InChI=1S/C15H23N3O3/c1-3-16-14-5-4-13(18(20)21)8-12(14)10-17-7-6-15(19)11(2)9-17/h4-5,8,11,15-16,19H,3,6-7,9-10H2,1-2H3. The quantitative estimate of drug-likeness (QED) is 0.643. The van der Waals surface area contributed by atoms with Crippen LogP contribution >= 0.6 is 0 Å². The smallest absolute Gasteiger partial charge is 0.269 e. The zero-order valence-corrected chi connectivity index (χ0v) is 12.6. The van der Waals surface area contributed by atoms with E-state index in [-0.39, 0.29) is 22.6 Å². The van der Waals surface area contributed by atoms with Gasteiger partial charge in [0.15, 0.2) is 0 Å². The lowest BCUT2D eigenvalue weighted by Crippen LogP contribution is -2.41. The fourth-order valence-corrected chi connectivity index (χ4v) is 2.79. The first-order valence-electron chi connectivity index (χ1n) is 7.43. The van der Waals surface area contributed by atoms with E-state index in [2.05, 4.69) is 10.2 Å². The van der Waals surface area contributed by atoms with Gasteiger partial charge in [0.05, 0.1) is 11.0 Å². The van der Waals surface area contributed by atoms with Crippen LogP contribution in [-0.4, -0.2) is 40.7 Å². The molecule has 0 spiro atoms. The Morgan fingerprint density at radius 3 is 2.90 bits per heavy atom. The number of likely N-dealkylation sites (tertiary alicyclic amines) is 1. The lowest BCUT2D eigenvalue weighted by atomic mass is 9.96. The fraction of sp³-hybridized carbons (Fsp3) is 0.600. The maximum Gasteiger partial charge on any atom is 0.269 e. The number of non-ortho nitro benzene ring substituents is 1. The number of nitrogens with one attached hydrogen (secondary N) is 1. The maximum atomic E-state index is 10.9. The molecule has 1 aliphatic rings. The van der Waals surface area contributed by atoms with Gasteiger partial charge in [0.25, 0.3) is 5.69 Å². The third-order valence-corrected chi connectivity index (χ3v) is 4.00. The molecule has 1 fully saturated rings. The lowest BCUT2D eigenvalue weighted by molar-refractivity contribution is -0.384. The van der Waals surface area contributed by atoms with Crippen molar-refractivity contribution >= 4 is 11.4 Å². The summed E-state index contributed by atoms with van der Waals surface area (Å²) in [4.78, 5) is 12.8. The van der Waals surface area contributed by atoms with Crippen molar-refractivity contribution in [2.24, 2.45) is 5.92 Å². The van der Waals surface area contributed by atoms with E-state index < -0.39 is 0 Å². The molecule has 1 saturated heterocycles. The van der Waals surface area contributed by atoms with E-state index in [4.69, 9.17) is 0 Å². The van der Waals surface area contributed by atoms with Crippen molar-refractivity contribution in [1.29, 1.82) is 0 Å². The molecule has 0 aliphatic carbocycles. The second-order valence-electron chi connectivity index (χ2n) is 5.70. The number of aliphatic hydroxyl groups is 1. The van der Waals surface area contributed by atoms with Crippen molar-refractivity contribution in [2.45, 2.75) is 32.9 Å². The summed E-state index contributed by atoms with van der Waals surface area (Å²) >= 11 is 0. The molecule has 2 rings (SSSR count). The van der Waals surface area contributed by atoms with E-state index in [9.17, 15) is 15.2 Å². The normalized spacial score (nSPS) is 23.0. The number of nitro groups is 1. The Morgan fingerprint density at radius 1 is 1.52 bits per heavy atom. The predicted octanol–water partition coefficient (Wildman–Crippen LogP) is 2.23. The van der Waals surface area contributed by atoms with E-state index in [0.29, 0.717) is 6.54 Å². The molecule has 1 aromatic rings. The van der Waals surface area contributed by atoms with Gasteiger partial charge in [-0.1, -0.05) is 6.92 Å². The summed E-state index contributed by atoms with van der Waals surface area (Å²) in [5, 5.41) is 24.0. The van der Waals surface area contributed by atoms with Gasteiger partial charge in [-0.15, -0.1) is 0 Å². The SMILES string of the molecule is CCNc1ccc([N+](=O)[O-])cc1CN1CCC(O)C(C)C1. The molecule has 0 bridgehead atoms. The molecule has 21 heavy (non-hydrogen) atoms. The number of aliphatic hydroxyl groups excluding tert-OH is 1. The number of hydrogen-bond donors (Lipinski definition) is 2. The summed E-state index contributed by atoms with van der Waals surface area (Å²) in [5.74, 6) is 0.236. The van der Waals surface area contributed by atoms with Crippen molar-refractivity contribution in [1.82, 2.24) is 4.90 Å². The minimum Gasteiger partial charge on any atom is -0.393 e. The molecule has 0 radical (unpaired) electrons. The van der Waals surface area contributed by atoms with Gasteiger partial charge >= 0.3 is 0 Å². The van der Waals surface area contributed by atoms with Gasteiger partial charge in [-0.2, -0.15) is 0 Å². The first-order chi connectivity index (χ1) is 10.0. The van der Waals surface area contributed by atoms with Gasteiger partial charge in [-0.3, -0.25) is 15.0 Å². The van der Waals surface area contributed by atoms with E-state index in [0.717, 1.165) is 37.3 Å². The van der Waals surface area contributed by atoms with Crippen molar-refractivity contribution in [3.8, 4) is 0 Å². The number of hydrogen-bond acceptors (Lipinski definition) is 5. The average Bonchev–Trinajstić information content (AvgIpc) is 2.45. The summed E-state index contributed by atoms with van der Waals surface area (Å²) in [6.07, 6.45) is 0.520. The molecular weight excluding hydrogens is 270 g/mol. The van der Waals surface area contributed by atoms with Crippen LogP contribution in [0.15, 0.2) is 18.2 Å². The maximum absolute atomic E-state index is 10.9. The molecule has 0 aromatic heterocycles. The highest BCUT2D eigenvalue weighted by Crippen LogP contribution is 2.26. The molecule has 2 atom stereocenters. The second-order valence-corrected chi connectivity index (χ2v) is 5.70. The zero-order chi connectivity index (χ0) is 15.4. The van der Waals surface area contributed by atoms with Crippen LogP contribution in [0.1, 0.15) is 25.8 Å². The van der Waals surface area contributed by atoms with E-state index in [1.165, 1.54) is 6.07 Å². The molecule has 2 N–H and O–H groups in total. The molecule has 1 aliphatic heterocycles. The predicted molar refractivity (Wildman–Crippen MR) is 82.3 cm³/mol. The Labute approximate surface area is 124 Å². The van der Waals surface area contributed by atoms with Gasteiger partial charge in [0, 0.05) is 44.0 Å². The van der Waals surface area contributed by atoms with E-state index in [1.807, 2.05) is 13.8 Å². The molecule has 1 aromatic carbocycles. The number of piperidine rings is 1. The molecule has 0 saturated carbocycles. The van der Waals surface area contributed by atoms with Gasteiger partial charge in [-0.25, -0.2) is 0 Å². The van der Waals surface area contributed by atoms with E-state index >= 15 is 0 Å². The fourth-order valence-electron chi connectivity index (χ4n) is 2.79. The van der Waals surface area contributed by atoms with Crippen LogP contribution in [0.3, 0.4) is 0 Å². The van der Waals surface area contributed by atoms with E-state index in [1.54, 1.807) is 12.1 Å². The first kappa shape index (κ1) is 15.7. The highest BCUT2D eigenvalue weighted by molar-refractivity contribution is 5.56. The summed E-state index contributed by atoms with van der Waals surface area (Å²) in [6, 6.07) is 4.96. The Hall–Kier alpha value is -1.66. The van der Waals surface area contributed by atoms with Gasteiger partial charge in [-0.05, 0) is 30.9 Å². The van der Waals surface area contributed by atoms with Crippen molar-refractivity contribution in [3.63, 3.8) is 0 Å². The Morgan fingerprint density at radius 2 is 2.29 bits per heavy atom. The van der Waals surface area contributed by atoms with Crippen molar-refractivity contribution < 1.29 is 10.0 Å². The molecule has 0 amide bonds. The van der Waals surface area contributed by atoms with Crippen molar-refractivity contribution in [2.75, 3.05) is 25.0 Å². The number of benzene rings is 1.